The fraction of sp³-hybridized carbons (Fsp3) is 0.800. The van der Waals surface area contributed by atoms with Crippen LogP contribution in [0.3, 0.4) is 0 Å². The second kappa shape index (κ2) is 5.13. The third-order valence-corrected chi connectivity index (χ3v) is 0.673. The molecular formula is C5H10CuO2. The molecule has 0 amide bonds. The van der Waals surface area contributed by atoms with Gasteiger partial charge in [-0.2, -0.15) is 0 Å². The Bertz CT molecular complexity index is 70.8. The van der Waals surface area contributed by atoms with E-state index in [2.05, 4.69) is 4.74 Å². The summed E-state index contributed by atoms with van der Waals surface area (Å²) >= 11 is 0. The molecule has 0 fully saturated rings. The molecule has 0 aromatic heterocycles. The van der Waals surface area contributed by atoms with Crippen LogP contribution < -0.4 is 0 Å². The molecule has 0 atom stereocenters. The van der Waals surface area contributed by atoms with Crippen molar-refractivity contribution in [3.05, 3.63) is 0 Å². The van der Waals surface area contributed by atoms with E-state index in [1.807, 2.05) is 0 Å². The van der Waals surface area contributed by atoms with Crippen LogP contribution in [0.15, 0.2) is 0 Å². The van der Waals surface area contributed by atoms with E-state index in [0.717, 1.165) is 0 Å². The molecule has 0 rings (SSSR count). The molecule has 0 spiro atoms. The fourth-order valence-electron chi connectivity index (χ4n) is 0.236. The molecule has 3 heteroatoms. The Balaban J connectivity index is 0. The van der Waals surface area contributed by atoms with Gasteiger partial charge in [0, 0.05) is 17.1 Å². The van der Waals surface area contributed by atoms with Gasteiger partial charge in [-0.3, -0.25) is 4.79 Å². The molecule has 0 aliphatic carbocycles. The van der Waals surface area contributed by atoms with Gasteiger partial charge in [-0.25, -0.2) is 0 Å². The number of ether oxygens (including phenoxy) is 1. The van der Waals surface area contributed by atoms with Crippen LogP contribution in [0.5, 0.6) is 0 Å². The molecule has 0 aliphatic rings. The maximum atomic E-state index is 10.3. The Kier molecular flexibility index (Phi) is 6.98. The molecule has 0 saturated heterocycles. The topological polar surface area (TPSA) is 26.3 Å². The Morgan fingerprint density at radius 3 is 1.88 bits per heavy atom. The standard InChI is InChI=1S/C5H10O2.Cu/c1-4(2)5(6)7-3;/h4H,1-3H3;. The number of esters is 1. The number of methoxy groups -OCH3 is 1. The molecule has 53 valence electrons. The maximum Gasteiger partial charge on any atom is 0.308 e. The first-order valence-electron chi connectivity index (χ1n) is 2.26. The smallest absolute Gasteiger partial charge is 0.308 e. The molecule has 0 N–H and O–H groups in total. The number of carbonyl (C=O) groups excluding carboxylic acids is 1. The SMILES string of the molecule is COC(=O)C(C)C.[Cu]. The maximum absolute atomic E-state index is 10.3. The summed E-state index contributed by atoms with van der Waals surface area (Å²) in [5.41, 5.74) is 0. The molecular weight excluding hydrogens is 156 g/mol. The van der Waals surface area contributed by atoms with Crippen LogP contribution in [0.4, 0.5) is 0 Å². The van der Waals surface area contributed by atoms with Gasteiger partial charge in [-0.15, -0.1) is 0 Å². The average molecular weight is 166 g/mol. The first-order valence-corrected chi connectivity index (χ1v) is 2.26. The predicted molar refractivity (Wildman–Crippen MR) is 26.9 cm³/mol. The minimum absolute atomic E-state index is 0. The molecule has 8 heavy (non-hydrogen) atoms. The Morgan fingerprint density at radius 2 is 1.88 bits per heavy atom. The summed E-state index contributed by atoms with van der Waals surface area (Å²) in [5.74, 6) is -0.148. The molecule has 0 aliphatic heterocycles. The minimum atomic E-state index is -0.153. The number of rotatable bonds is 1. The van der Waals surface area contributed by atoms with Crippen molar-refractivity contribution in [3.8, 4) is 0 Å². The fourth-order valence-corrected chi connectivity index (χ4v) is 0.236. The third kappa shape index (κ3) is 4.16. The second-order valence-electron chi connectivity index (χ2n) is 1.68. The van der Waals surface area contributed by atoms with Crippen LogP contribution in [0, 0.1) is 5.92 Å². The summed E-state index contributed by atoms with van der Waals surface area (Å²) in [6.45, 7) is 3.59. The Hall–Kier alpha value is -0.0105. The van der Waals surface area contributed by atoms with E-state index in [0.29, 0.717) is 0 Å². The van der Waals surface area contributed by atoms with E-state index in [9.17, 15) is 4.79 Å². The van der Waals surface area contributed by atoms with Crippen molar-refractivity contribution in [1.82, 2.24) is 0 Å². The van der Waals surface area contributed by atoms with E-state index in [1.165, 1.54) is 7.11 Å². The van der Waals surface area contributed by atoms with Crippen LogP contribution in [-0.4, -0.2) is 13.1 Å². The van der Waals surface area contributed by atoms with Crippen molar-refractivity contribution < 1.29 is 26.6 Å². The van der Waals surface area contributed by atoms with Gasteiger partial charge in [0.15, 0.2) is 0 Å². The van der Waals surface area contributed by atoms with Crippen molar-refractivity contribution in [1.29, 1.82) is 0 Å². The van der Waals surface area contributed by atoms with E-state index < -0.39 is 0 Å². The van der Waals surface area contributed by atoms with E-state index in [4.69, 9.17) is 0 Å². The summed E-state index contributed by atoms with van der Waals surface area (Å²) < 4.78 is 4.37. The van der Waals surface area contributed by atoms with Gasteiger partial charge in [0.1, 0.15) is 0 Å². The van der Waals surface area contributed by atoms with Gasteiger partial charge < -0.3 is 4.74 Å². The van der Waals surface area contributed by atoms with Crippen LogP contribution >= 0.6 is 0 Å². The molecule has 0 saturated carbocycles. The summed E-state index contributed by atoms with van der Waals surface area (Å²) in [6.07, 6.45) is 0. The van der Waals surface area contributed by atoms with Crippen LogP contribution in [-0.2, 0) is 26.6 Å². The third-order valence-electron chi connectivity index (χ3n) is 0.673. The first-order chi connectivity index (χ1) is 3.18. The summed E-state index contributed by atoms with van der Waals surface area (Å²) in [4.78, 5) is 10.3. The Labute approximate surface area is 60.1 Å². The van der Waals surface area contributed by atoms with E-state index in [1.54, 1.807) is 13.8 Å². The Morgan fingerprint density at radius 1 is 1.50 bits per heavy atom. The van der Waals surface area contributed by atoms with Crippen molar-refractivity contribution in [3.63, 3.8) is 0 Å². The van der Waals surface area contributed by atoms with Gasteiger partial charge in [0.2, 0.25) is 0 Å². The summed E-state index contributed by atoms with van der Waals surface area (Å²) in [7, 11) is 1.39. The average Bonchev–Trinajstić information content (AvgIpc) is 1.65. The van der Waals surface area contributed by atoms with Gasteiger partial charge in [0.25, 0.3) is 0 Å². The van der Waals surface area contributed by atoms with Crippen molar-refractivity contribution in [2.75, 3.05) is 7.11 Å². The molecule has 0 bridgehead atoms. The van der Waals surface area contributed by atoms with Crippen molar-refractivity contribution in [2.24, 2.45) is 5.92 Å². The quantitative estimate of drug-likeness (QED) is 0.425. The molecule has 0 heterocycles. The normalized spacial score (nSPS) is 8.00. The van der Waals surface area contributed by atoms with Crippen molar-refractivity contribution in [2.45, 2.75) is 13.8 Å². The zero-order chi connectivity index (χ0) is 5.86. The molecule has 0 unspecified atom stereocenters. The molecule has 0 aromatic carbocycles. The van der Waals surface area contributed by atoms with Gasteiger partial charge in [-0.05, 0) is 0 Å². The second-order valence-corrected chi connectivity index (χ2v) is 1.68. The minimum Gasteiger partial charge on any atom is -0.469 e. The number of hydrogen-bond donors (Lipinski definition) is 0. The van der Waals surface area contributed by atoms with Gasteiger partial charge >= 0.3 is 5.97 Å². The predicted octanol–water partition coefficient (Wildman–Crippen LogP) is 0.813. The molecule has 2 nitrogen and oxygen atoms in total. The van der Waals surface area contributed by atoms with Crippen LogP contribution in [0.25, 0.3) is 0 Å². The van der Waals surface area contributed by atoms with E-state index in [-0.39, 0.29) is 29.0 Å². The zero-order valence-corrected chi connectivity index (χ0v) is 6.14. The number of carbonyl (C=O) groups is 1. The van der Waals surface area contributed by atoms with E-state index >= 15 is 0 Å². The molecule has 0 aromatic rings. The largest absolute Gasteiger partial charge is 0.469 e. The van der Waals surface area contributed by atoms with Crippen LogP contribution in [0.1, 0.15) is 13.8 Å². The summed E-state index contributed by atoms with van der Waals surface area (Å²) in [6, 6.07) is 0. The first kappa shape index (κ1) is 10.9. The zero-order valence-electron chi connectivity index (χ0n) is 5.20. The van der Waals surface area contributed by atoms with Crippen LogP contribution in [0.2, 0.25) is 0 Å². The van der Waals surface area contributed by atoms with Gasteiger partial charge in [0.05, 0.1) is 13.0 Å². The van der Waals surface area contributed by atoms with Crippen molar-refractivity contribution >= 4 is 5.97 Å². The molecule has 1 radical (unpaired) electrons. The monoisotopic (exact) mass is 165 g/mol. The summed E-state index contributed by atoms with van der Waals surface area (Å²) in [5, 5.41) is 0. The number of hydrogen-bond acceptors (Lipinski definition) is 2. The van der Waals surface area contributed by atoms with Gasteiger partial charge in [-0.1, -0.05) is 13.8 Å².